The molecule has 7 nitrogen and oxygen atoms in total. The molecule has 4 aliphatic rings. The number of hydrogen-bond donors (Lipinski definition) is 0. The summed E-state index contributed by atoms with van der Waals surface area (Å²) in [6.45, 7) is 4.83. The number of ether oxygens (including phenoxy) is 2. The molecule has 0 spiro atoms. The Bertz CT molecular complexity index is 921. The van der Waals surface area contributed by atoms with Crippen molar-refractivity contribution >= 4 is 0 Å². The monoisotopic (exact) mass is 451 g/mol. The van der Waals surface area contributed by atoms with Crippen molar-refractivity contribution in [2.24, 2.45) is 11.8 Å². The number of tetrazole rings is 1. The predicted molar refractivity (Wildman–Crippen MR) is 126 cm³/mol. The van der Waals surface area contributed by atoms with E-state index in [1.807, 2.05) is 4.68 Å². The molecule has 3 aliphatic heterocycles. The van der Waals surface area contributed by atoms with E-state index in [0.717, 1.165) is 30.5 Å². The van der Waals surface area contributed by atoms with Crippen LogP contribution in [-0.2, 0) is 16.0 Å². The van der Waals surface area contributed by atoms with E-state index >= 15 is 0 Å². The minimum Gasteiger partial charge on any atom is -0.373 e. The molecule has 1 saturated carbocycles. The maximum atomic E-state index is 6.32. The molecular formula is C26H37N5O2. The standard InChI is InChI=1S/C26H37N5O2/c1-2-7-19(8-3-1)11-12-22-17-32-25-23(18-33-24(22)25)31-26(27-28-29-31)21-10-6-9-20(15-21)16-30-13-4-5-14-30/h6,9-10,15,19,22-25H,1-5,7-8,11-14,16-18H2/t22-,23-,24+,25+/m0/s1. The molecule has 1 aromatic heterocycles. The summed E-state index contributed by atoms with van der Waals surface area (Å²) in [6, 6.07) is 8.74. The van der Waals surface area contributed by atoms with E-state index < -0.39 is 0 Å². The first-order chi connectivity index (χ1) is 16.3. The average molecular weight is 452 g/mol. The lowest BCUT2D eigenvalue weighted by molar-refractivity contribution is 0.0589. The van der Waals surface area contributed by atoms with E-state index in [1.165, 1.54) is 76.4 Å². The van der Waals surface area contributed by atoms with Crippen LogP contribution < -0.4 is 0 Å². The molecule has 3 saturated heterocycles. The number of fused-ring (bicyclic) bond motifs is 1. The van der Waals surface area contributed by atoms with Gasteiger partial charge in [0.05, 0.1) is 19.3 Å². The van der Waals surface area contributed by atoms with Crippen LogP contribution in [0.25, 0.3) is 11.4 Å². The summed E-state index contributed by atoms with van der Waals surface area (Å²) in [7, 11) is 0. The lowest BCUT2D eigenvalue weighted by atomic mass is 9.83. The third kappa shape index (κ3) is 4.60. The SMILES string of the molecule is c1cc(CN2CCCC2)cc(-c2nnnn2[C@H]2CO[C@@H]3[C@@H](CCC4CCCCC4)CO[C@@H]32)c1. The average Bonchev–Trinajstić information content (AvgIpc) is 3.64. The Morgan fingerprint density at radius 3 is 2.64 bits per heavy atom. The molecule has 7 heteroatoms. The molecule has 1 aliphatic carbocycles. The highest BCUT2D eigenvalue weighted by atomic mass is 16.6. The summed E-state index contributed by atoms with van der Waals surface area (Å²) < 4.78 is 14.6. The van der Waals surface area contributed by atoms with Crippen LogP contribution in [0.3, 0.4) is 0 Å². The Morgan fingerprint density at radius 1 is 0.909 bits per heavy atom. The fraction of sp³-hybridized carbons (Fsp3) is 0.731. The number of hydrogen-bond acceptors (Lipinski definition) is 6. The molecule has 33 heavy (non-hydrogen) atoms. The van der Waals surface area contributed by atoms with Gasteiger partial charge in [-0.05, 0) is 60.3 Å². The molecule has 4 heterocycles. The van der Waals surface area contributed by atoms with Crippen LogP contribution in [0.1, 0.15) is 69.4 Å². The van der Waals surface area contributed by atoms with Crippen LogP contribution in [0.4, 0.5) is 0 Å². The Morgan fingerprint density at radius 2 is 1.76 bits per heavy atom. The van der Waals surface area contributed by atoms with Gasteiger partial charge in [-0.1, -0.05) is 56.7 Å². The van der Waals surface area contributed by atoms with Crippen molar-refractivity contribution in [2.75, 3.05) is 26.3 Å². The molecule has 6 rings (SSSR count). The molecule has 2 aromatic rings. The molecule has 0 unspecified atom stereocenters. The van der Waals surface area contributed by atoms with Gasteiger partial charge in [0.15, 0.2) is 5.82 Å². The number of aromatic nitrogens is 4. The zero-order valence-electron chi connectivity index (χ0n) is 19.6. The zero-order chi connectivity index (χ0) is 22.0. The normalized spacial score (nSPS) is 30.8. The smallest absolute Gasteiger partial charge is 0.182 e. The maximum absolute atomic E-state index is 6.32. The zero-order valence-corrected chi connectivity index (χ0v) is 19.6. The molecule has 1 aromatic carbocycles. The first-order valence-electron chi connectivity index (χ1n) is 13.2. The van der Waals surface area contributed by atoms with E-state index in [2.05, 4.69) is 44.7 Å². The Balaban J connectivity index is 1.13. The highest BCUT2D eigenvalue weighted by Crippen LogP contribution is 2.41. The molecule has 0 amide bonds. The van der Waals surface area contributed by atoms with Crippen LogP contribution in [-0.4, -0.2) is 63.6 Å². The van der Waals surface area contributed by atoms with Gasteiger partial charge in [-0.3, -0.25) is 4.90 Å². The first-order valence-corrected chi connectivity index (χ1v) is 13.2. The number of benzene rings is 1. The Labute approximate surface area is 196 Å². The lowest BCUT2D eigenvalue weighted by Gasteiger charge is -2.23. The van der Waals surface area contributed by atoms with Crippen molar-refractivity contribution in [1.29, 1.82) is 0 Å². The number of rotatable bonds is 7. The van der Waals surface area contributed by atoms with Crippen molar-refractivity contribution < 1.29 is 9.47 Å². The minimum atomic E-state index is 0.0434. The molecule has 4 atom stereocenters. The third-order valence-electron chi connectivity index (χ3n) is 8.40. The molecule has 0 N–H and O–H groups in total. The van der Waals surface area contributed by atoms with Crippen molar-refractivity contribution in [1.82, 2.24) is 25.1 Å². The maximum Gasteiger partial charge on any atom is 0.182 e. The van der Waals surface area contributed by atoms with Gasteiger partial charge in [-0.25, -0.2) is 4.68 Å². The van der Waals surface area contributed by atoms with Gasteiger partial charge < -0.3 is 9.47 Å². The first kappa shape index (κ1) is 21.7. The quantitative estimate of drug-likeness (QED) is 0.627. The molecule has 0 bridgehead atoms. The third-order valence-corrected chi connectivity index (χ3v) is 8.40. The summed E-state index contributed by atoms with van der Waals surface area (Å²) in [4.78, 5) is 2.53. The van der Waals surface area contributed by atoms with Crippen molar-refractivity contribution in [3.05, 3.63) is 29.8 Å². The van der Waals surface area contributed by atoms with Gasteiger partial charge in [0.25, 0.3) is 0 Å². The fourth-order valence-electron chi connectivity index (χ4n) is 6.56. The Kier molecular flexibility index (Phi) is 6.44. The fourth-order valence-corrected chi connectivity index (χ4v) is 6.56. The second-order valence-corrected chi connectivity index (χ2v) is 10.6. The van der Waals surface area contributed by atoms with Gasteiger partial charge in [-0.15, -0.1) is 5.10 Å². The van der Waals surface area contributed by atoms with E-state index in [-0.39, 0.29) is 18.2 Å². The van der Waals surface area contributed by atoms with E-state index in [1.54, 1.807) is 0 Å². The second kappa shape index (κ2) is 9.80. The van der Waals surface area contributed by atoms with E-state index in [9.17, 15) is 0 Å². The van der Waals surface area contributed by atoms with Crippen molar-refractivity contribution in [3.8, 4) is 11.4 Å². The van der Waals surface area contributed by atoms with E-state index in [4.69, 9.17) is 9.47 Å². The number of nitrogens with zero attached hydrogens (tertiary/aromatic N) is 5. The highest BCUT2D eigenvalue weighted by molar-refractivity contribution is 5.56. The summed E-state index contributed by atoms with van der Waals surface area (Å²) >= 11 is 0. The van der Waals surface area contributed by atoms with Crippen LogP contribution >= 0.6 is 0 Å². The number of likely N-dealkylation sites (tertiary alicyclic amines) is 1. The highest BCUT2D eigenvalue weighted by Gasteiger charge is 2.49. The van der Waals surface area contributed by atoms with Gasteiger partial charge in [0, 0.05) is 18.0 Å². The molecule has 4 fully saturated rings. The van der Waals surface area contributed by atoms with Crippen LogP contribution in [0.15, 0.2) is 24.3 Å². The van der Waals surface area contributed by atoms with Crippen molar-refractivity contribution in [2.45, 2.75) is 82.6 Å². The van der Waals surface area contributed by atoms with E-state index in [0.29, 0.717) is 12.5 Å². The summed E-state index contributed by atoms with van der Waals surface area (Å²) in [6.07, 6.45) is 12.5. The summed E-state index contributed by atoms with van der Waals surface area (Å²) in [5.74, 6) is 2.24. The van der Waals surface area contributed by atoms with Crippen LogP contribution in [0.2, 0.25) is 0 Å². The predicted octanol–water partition coefficient (Wildman–Crippen LogP) is 4.25. The van der Waals surface area contributed by atoms with Gasteiger partial charge in [0.1, 0.15) is 12.1 Å². The van der Waals surface area contributed by atoms with Gasteiger partial charge in [-0.2, -0.15) is 0 Å². The summed E-state index contributed by atoms with van der Waals surface area (Å²) in [5, 5.41) is 12.9. The second-order valence-electron chi connectivity index (χ2n) is 10.6. The van der Waals surface area contributed by atoms with Crippen LogP contribution in [0.5, 0.6) is 0 Å². The van der Waals surface area contributed by atoms with Crippen molar-refractivity contribution in [3.63, 3.8) is 0 Å². The summed E-state index contributed by atoms with van der Waals surface area (Å²) in [5.41, 5.74) is 2.40. The molecule has 0 radical (unpaired) electrons. The minimum absolute atomic E-state index is 0.0434. The topological polar surface area (TPSA) is 65.3 Å². The molecule has 178 valence electrons. The largest absolute Gasteiger partial charge is 0.373 e. The van der Waals surface area contributed by atoms with Crippen LogP contribution in [0, 0.1) is 11.8 Å². The lowest BCUT2D eigenvalue weighted by Crippen LogP contribution is -2.29. The van der Waals surface area contributed by atoms with Gasteiger partial charge in [0.2, 0.25) is 0 Å². The molecular weight excluding hydrogens is 414 g/mol. The van der Waals surface area contributed by atoms with Gasteiger partial charge >= 0.3 is 0 Å². The Hall–Kier alpha value is -1.83.